The van der Waals surface area contributed by atoms with Crippen LogP contribution in [0.15, 0.2) is 39.4 Å². The highest BCUT2D eigenvalue weighted by atomic mass is 79.9. The number of morpholine rings is 1. The molecule has 2 heterocycles. The van der Waals surface area contributed by atoms with E-state index in [4.69, 9.17) is 13.9 Å². The van der Waals surface area contributed by atoms with Crippen molar-refractivity contribution in [3.05, 3.63) is 52.4 Å². The van der Waals surface area contributed by atoms with Crippen molar-refractivity contribution < 1.29 is 22.7 Å². The summed E-state index contributed by atoms with van der Waals surface area (Å²) in [7, 11) is 0. The summed E-state index contributed by atoms with van der Waals surface area (Å²) >= 11 is 3.28. The number of hydrogen-bond acceptors (Lipinski definition) is 4. The zero-order valence-corrected chi connectivity index (χ0v) is 13.9. The predicted molar refractivity (Wildman–Crippen MR) is 83.3 cm³/mol. The summed E-state index contributed by atoms with van der Waals surface area (Å²) in [5.74, 6) is -0.356. The summed E-state index contributed by atoms with van der Waals surface area (Å²) in [5, 5.41) is 0. The van der Waals surface area contributed by atoms with Gasteiger partial charge in [0.1, 0.15) is 24.3 Å². The molecule has 0 radical (unpaired) electrons. The van der Waals surface area contributed by atoms with Crippen molar-refractivity contribution in [2.24, 2.45) is 0 Å². The van der Waals surface area contributed by atoms with Crippen LogP contribution in [0.5, 0.6) is 5.75 Å². The Labute approximate surface area is 141 Å². The second kappa shape index (κ2) is 7.42. The lowest BCUT2D eigenvalue weighted by Crippen LogP contribution is -2.44. The molecule has 3 rings (SSSR count). The van der Waals surface area contributed by atoms with Crippen LogP contribution in [0.3, 0.4) is 0 Å². The molecule has 1 aromatic heterocycles. The molecule has 4 nitrogen and oxygen atoms in total. The topological polar surface area (TPSA) is 34.8 Å². The maximum atomic E-state index is 13.5. The minimum atomic E-state index is -0.584. The van der Waals surface area contributed by atoms with E-state index in [0.717, 1.165) is 30.5 Å². The van der Waals surface area contributed by atoms with Crippen molar-refractivity contribution in [3.63, 3.8) is 0 Å². The minimum absolute atomic E-state index is 0.0966. The molecule has 7 heteroatoms. The minimum Gasteiger partial charge on any atom is -0.488 e. The Balaban J connectivity index is 1.53. The van der Waals surface area contributed by atoms with Crippen LogP contribution in [-0.4, -0.2) is 37.3 Å². The highest BCUT2D eigenvalue weighted by Crippen LogP contribution is 2.20. The molecule has 0 aliphatic carbocycles. The molecule has 1 unspecified atom stereocenters. The molecule has 1 fully saturated rings. The standard InChI is InChI=1S/C16H16BrF2NO3/c17-16-4-2-12(23-16)8-20-5-6-21-13(9-20)10-22-15-7-11(18)1-3-14(15)19/h1-4,7,13H,5-6,8-10H2. The van der Waals surface area contributed by atoms with Crippen molar-refractivity contribution >= 4 is 15.9 Å². The number of halogens is 3. The molecule has 1 aromatic carbocycles. The Hall–Kier alpha value is -1.44. The van der Waals surface area contributed by atoms with Gasteiger partial charge in [0.15, 0.2) is 16.2 Å². The smallest absolute Gasteiger partial charge is 0.169 e. The van der Waals surface area contributed by atoms with E-state index in [2.05, 4.69) is 20.8 Å². The summed E-state index contributed by atoms with van der Waals surface area (Å²) in [6.07, 6.45) is -0.204. The van der Waals surface area contributed by atoms with Gasteiger partial charge in [-0.25, -0.2) is 8.78 Å². The third kappa shape index (κ3) is 4.53. The lowest BCUT2D eigenvalue weighted by Gasteiger charge is -2.32. The normalized spacial score (nSPS) is 19.0. The van der Waals surface area contributed by atoms with Crippen LogP contribution in [0.1, 0.15) is 5.76 Å². The van der Waals surface area contributed by atoms with Gasteiger partial charge < -0.3 is 13.9 Å². The molecule has 0 spiro atoms. The van der Waals surface area contributed by atoms with E-state index in [1.165, 1.54) is 0 Å². The quantitative estimate of drug-likeness (QED) is 0.784. The molecule has 23 heavy (non-hydrogen) atoms. The Kier molecular flexibility index (Phi) is 5.30. The van der Waals surface area contributed by atoms with Gasteiger partial charge in [-0.1, -0.05) is 0 Å². The van der Waals surface area contributed by atoms with E-state index >= 15 is 0 Å². The third-order valence-electron chi connectivity index (χ3n) is 3.55. The highest BCUT2D eigenvalue weighted by molar-refractivity contribution is 9.10. The van der Waals surface area contributed by atoms with E-state index in [1.807, 2.05) is 12.1 Å². The van der Waals surface area contributed by atoms with Crippen LogP contribution >= 0.6 is 15.9 Å². The van der Waals surface area contributed by atoms with Gasteiger partial charge in [0.25, 0.3) is 0 Å². The molecule has 2 aromatic rings. The number of ether oxygens (including phenoxy) is 2. The van der Waals surface area contributed by atoms with E-state index in [0.29, 0.717) is 24.4 Å². The van der Waals surface area contributed by atoms with Crippen LogP contribution in [0, 0.1) is 11.6 Å². The van der Waals surface area contributed by atoms with Crippen molar-refractivity contribution in [1.82, 2.24) is 4.90 Å². The number of furan rings is 1. The fourth-order valence-electron chi connectivity index (χ4n) is 2.45. The SMILES string of the molecule is Fc1ccc(F)c(OCC2CN(Cc3ccc(Br)o3)CCO2)c1. The number of nitrogens with zero attached hydrogens (tertiary/aromatic N) is 1. The molecule has 0 amide bonds. The Morgan fingerprint density at radius 2 is 2.13 bits per heavy atom. The van der Waals surface area contributed by atoms with Gasteiger partial charge in [0.05, 0.1) is 13.2 Å². The van der Waals surface area contributed by atoms with Gasteiger partial charge in [-0.15, -0.1) is 0 Å². The molecule has 1 aliphatic rings. The van der Waals surface area contributed by atoms with Crippen LogP contribution in [-0.2, 0) is 11.3 Å². The van der Waals surface area contributed by atoms with Crippen LogP contribution in [0.25, 0.3) is 0 Å². The lowest BCUT2D eigenvalue weighted by molar-refractivity contribution is -0.0523. The van der Waals surface area contributed by atoms with E-state index in [1.54, 1.807) is 0 Å². The third-order valence-corrected chi connectivity index (χ3v) is 3.98. The summed E-state index contributed by atoms with van der Waals surface area (Å²) in [4.78, 5) is 2.17. The molecule has 1 atom stereocenters. The zero-order valence-electron chi connectivity index (χ0n) is 12.3. The van der Waals surface area contributed by atoms with Crippen molar-refractivity contribution in [2.45, 2.75) is 12.6 Å². The summed E-state index contributed by atoms with van der Waals surface area (Å²) in [6, 6.07) is 6.91. The summed E-state index contributed by atoms with van der Waals surface area (Å²) < 4.78 is 43.8. The molecule has 0 N–H and O–H groups in total. The maximum Gasteiger partial charge on any atom is 0.169 e. The summed E-state index contributed by atoms with van der Waals surface area (Å²) in [5.41, 5.74) is 0. The fraction of sp³-hybridized carbons (Fsp3) is 0.375. The first-order chi connectivity index (χ1) is 11.1. The first-order valence-electron chi connectivity index (χ1n) is 7.26. The van der Waals surface area contributed by atoms with Crippen LogP contribution < -0.4 is 4.74 Å². The summed E-state index contributed by atoms with van der Waals surface area (Å²) in [6.45, 7) is 2.80. The van der Waals surface area contributed by atoms with Crippen LogP contribution in [0.2, 0.25) is 0 Å². The molecule has 0 saturated carbocycles. The molecule has 1 saturated heterocycles. The van der Waals surface area contributed by atoms with Gasteiger partial charge in [-0.3, -0.25) is 4.90 Å². The number of benzene rings is 1. The van der Waals surface area contributed by atoms with Gasteiger partial charge in [-0.05, 0) is 40.2 Å². The first kappa shape index (κ1) is 16.4. The molecule has 0 bridgehead atoms. The molecule has 124 valence electrons. The van der Waals surface area contributed by atoms with Crippen molar-refractivity contribution in [2.75, 3.05) is 26.3 Å². The average Bonchev–Trinajstić information content (AvgIpc) is 2.94. The highest BCUT2D eigenvalue weighted by Gasteiger charge is 2.22. The predicted octanol–water partition coefficient (Wildman–Crippen LogP) is 3.60. The largest absolute Gasteiger partial charge is 0.488 e. The Morgan fingerprint density at radius 3 is 2.91 bits per heavy atom. The Morgan fingerprint density at radius 1 is 1.26 bits per heavy atom. The van der Waals surface area contributed by atoms with Gasteiger partial charge in [0, 0.05) is 19.2 Å². The maximum absolute atomic E-state index is 13.5. The average molecular weight is 388 g/mol. The second-order valence-electron chi connectivity index (χ2n) is 5.32. The second-order valence-corrected chi connectivity index (χ2v) is 6.10. The van der Waals surface area contributed by atoms with E-state index in [-0.39, 0.29) is 18.5 Å². The van der Waals surface area contributed by atoms with Gasteiger partial charge in [-0.2, -0.15) is 0 Å². The van der Waals surface area contributed by atoms with E-state index in [9.17, 15) is 8.78 Å². The Bertz CT molecular complexity index is 665. The number of hydrogen-bond donors (Lipinski definition) is 0. The van der Waals surface area contributed by atoms with E-state index < -0.39 is 11.6 Å². The number of rotatable bonds is 5. The molecule has 1 aliphatic heterocycles. The van der Waals surface area contributed by atoms with Crippen LogP contribution in [0.4, 0.5) is 8.78 Å². The lowest BCUT2D eigenvalue weighted by atomic mass is 10.2. The molecular formula is C16H16BrF2NO3. The molecular weight excluding hydrogens is 372 g/mol. The van der Waals surface area contributed by atoms with Crippen molar-refractivity contribution in [3.8, 4) is 5.75 Å². The monoisotopic (exact) mass is 387 g/mol. The fourth-order valence-corrected chi connectivity index (χ4v) is 2.79. The van der Waals surface area contributed by atoms with Gasteiger partial charge >= 0.3 is 0 Å². The zero-order chi connectivity index (χ0) is 16.2. The van der Waals surface area contributed by atoms with Gasteiger partial charge in [0.2, 0.25) is 0 Å². The first-order valence-corrected chi connectivity index (χ1v) is 8.05. The van der Waals surface area contributed by atoms with Crippen molar-refractivity contribution in [1.29, 1.82) is 0 Å².